The maximum absolute atomic E-state index is 12.0. The van der Waals surface area contributed by atoms with Gasteiger partial charge in [-0.25, -0.2) is 4.98 Å². The third-order valence-electron chi connectivity index (χ3n) is 2.85. The molecule has 4 heteroatoms. The molecule has 92 valence electrons. The molecule has 1 aromatic heterocycles. The van der Waals surface area contributed by atoms with E-state index in [1.807, 2.05) is 13.0 Å². The van der Waals surface area contributed by atoms with Gasteiger partial charge in [-0.15, -0.1) is 0 Å². The number of carbonyl (C=O) groups excluding carboxylic acids is 1. The highest BCUT2D eigenvalue weighted by Gasteiger charge is 2.14. The lowest BCUT2D eigenvalue weighted by atomic mass is 10.0. The number of anilines is 1. The molecule has 2 aromatic rings. The van der Waals surface area contributed by atoms with E-state index in [0.29, 0.717) is 11.4 Å². The molecular formula is C14H14N2O2. The van der Waals surface area contributed by atoms with Gasteiger partial charge >= 0.3 is 0 Å². The molecule has 4 nitrogen and oxygen atoms in total. The summed E-state index contributed by atoms with van der Waals surface area (Å²) < 4.78 is 0. The Labute approximate surface area is 105 Å². The fourth-order valence-electron chi connectivity index (χ4n) is 1.60. The molecule has 0 aliphatic rings. The minimum absolute atomic E-state index is 0.0171. The molecule has 1 aromatic carbocycles. The average Bonchev–Trinajstić information content (AvgIpc) is 2.37. The normalized spacial score (nSPS) is 10.1. The summed E-state index contributed by atoms with van der Waals surface area (Å²) in [4.78, 5) is 16.0. The van der Waals surface area contributed by atoms with Crippen LogP contribution in [-0.4, -0.2) is 16.0 Å². The summed E-state index contributed by atoms with van der Waals surface area (Å²) in [5, 5.41) is 12.6. The van der Waals surface area contributed by atoms with Gasteiger partial charge < -0.3 is 10.4 Å². The van der Waals surface area contributed by atoms with Crippen LogP contribution in [0.2, 0.25) is 0 Å². The highest BCUT2D eigenvalue weighted by atomic mass is 16.3. The first-order valence-electron chi connectivity index (χ1n) is 5.61. The minimum atomic E-state index is -0.366. The summed E-state index contributed by atoms with van der Waals surface area (Å²) in [6.45, 7) is 3.66. The van der Waals surface area contributed by atoms with Crippen LogP contribution in [0.3, 0.4) is 0 Å². The van der Waals surface area contributed by atoms with Crippen LogP contribution in [0.5, 0.6) is 5.75 Å². The van der Waals surface area contributed by atoms with Crippen LogP contribution in [0.1, 0.15) is 21.5 Å². The fourth-order valence-corrected chi connectivity index (χ4v) is 1.60. The number of pyridine rings is 1. The number of phenolic OH excluding ortho intramolecular Hbond substituents is 1. The maximum atomic E-state index is 12.0. The molecule has 18 heavy (non-hydrogen) atoms. The first-order chi connectivity index (χ1) is 8.59. The number of amides is 1. The third-order valence-corrected chi connectivity index (χ3v) is 2.85. The van der Waals surface area contributed by atoms with Crippen molar-refractivity contribution in [3.05, 3.63) is 53.2 Å². The Morgan fingerprint density at radius 3 is 2.67 bits per heavy atom. The van der Waals surface area contributed by atoms with Crippen LogP contribution >= 0.6 is 0 Å². The number of hydrogen-bond donors (Lipinski definition) is 2. The number of aromatic hydroxyl groups is 1. The third kappa shape index (κ3) is 2.32. The van der Waals surface area contributed by atoms with E-state index in [0.717, 1.165) is 5.56 Å². The van der Waals surface area contributed by atoms with E-state index in [-0.39, 0.29) is 17.2 Å². The molecule has 0 spiro atoms. The standard InChI is InChI=1S/C14H14N2O2/c1-9-6-7-11(13(17)10(9)2)14(18)16-12-5-3-4-8-15-12/h3-8,17H,1-2H3,(H,15,16,18). The highest BCUT2D eigenvalue weighted by Crippen LogP contribution is 2.25. The summed E-state index contributed by atoms with van der Waals surface area (Å²) in [5.41, 5.74) is 1.91. The molecule has 2 rings (SSSR count). The molecular weight excluding hydrogens is 228 g/mol. The second-order valence-corrected chi connectivity index (χ2v) is 4.07. The second-order valence-electron chi connectivity index (χ2n) is 4.07. The molecule has 0 unspecified atom stereocenters. The van der Waals surface area contributed by atoms with E-state index in [9.17, 15) is 9.90 Å². The summed E-state index contributed by atoms with van der Waals surface area (Å²) in [6, 6.07) is 8.65. The number of benzene rings is 1. The van der Waals surface area contributed by atoms with Gasteiger partial charge in [0.25, 0.3) is 5.91 Å². The van der Waals surface area contributed by atoms with Crippen molar-refractivity contribution in [3.63, 3.8) is 0 Å². The van der Waals surface area contributed by atoms with Gasteiger partial charge in [-0.1, -0.05) is 12.1 Å². The molecule has 0 aliphatic heterocycles. The Bertz CT molecular complexity index is 580. The maximum Gasteiger partial charge on any atom is 0.260 e. The Balaban J connectivity index is 2.28. The fraction of sp³-hybridized carbons (Fsp3) is 0.143. The van der Waals surface area contributed by atoms with Gasteiger partial charge in [0.1, 0.15) is 11.6 Å². The zero-order chi connectivity index (χ0) is 13.1. The average molecular weight is 242 g/mol. The van der Waals surface area contributed by atoms with Gasteiger partial charge in [-0.05, 0) is 43.2 Å². The molecule has 0 saturated carbocycles. The van der Waals surface area contributed by atoms with Gasteiger partial charge in [-0.2, -0.15) is 0 Å². The van der Waals surface area contributed by atoms with Gasteiger partial charge in [0.05, 0.1) is 5.56 Å². The van der Waals surface area contributed by atoms with E-state index < -0.39 is 0 Å². The lowest BCUT2D eigenvalue weighted by Gasteiger charge is -2.09. The number of nitrogens with one attached hydrogen (secondary N) is 1. The molecule has 0 fully saturated rings. The minimum Gasteiger partial charge on any atom is -0.507 e. The Kier molecular flexibility index (Phi) is 3.28. The van der Waals surface area contributed by atoms with Gasteiger partial charge in [0, 0.05) is 6.20 Å². The summed E-state index contributed by atoms with van der Waals surface area (Å²) >= 11 is 0. The number of carbonyl (C=O) groups is 1. The summed E-state index contributed by atoms with van der Waals surface area (Å²) in [6.07, 6.45) is 1.59. The van der Waals surface area contributed by atoms with Crippen LogP contribution in [0.15, 0.2) is 36.5 Å². The van der Waals surface area contributed by atoms with Crippen molar-refractivity contribution in [2.24, 2.45) is 0 Å². The number of aromatic nitrogens is 1. The molecule has 0 bridgehead atoms. The Morgan fingerprint density at radius 1 is 1.22 bits per heavy atom. The molecule has 0 aliphatic carbocycles. The molecule has 0 radical (unpaired) electrons. The molecule has 0 atom stereocenters. The van der Waals surface area contributed by atoms with Crippen LogP contribution in [0, 0.1) is 13.8 Å². The number of rotatable bonds is 2. The van der Waals surface area contributed by atoms with Crippen LogP contribution < -0.4 is 5.32 Å². The van der Waals surface area contributed by atoms with Crippen molar-refractivity contribution in [1.82, 2.24) is 4.98 Å². The molecule has 1 heterocycles. The van der Waals surface area contributed by atoms with E-state index in [4.69, 9.17) is 0 Å². The second kappa shape index (κ2) is 4.87. The van der Waals surface area contributed by atoms with Crippen molar-refractivity contribution >= 4 is 11.7 Å². The first kappa shape index (κ1) is 12.1. The van der Waals surface area contributed by atoms with Gasteiger partial charge in [0.2, 0.25) is 0 Å². The predicted molar refractivity (Wildman–Crippen MR) is 69.8 cm³/mol. The molecule has 1 amide bonds. The van der Waals surface area contributed by atoms with Gasteiger partial charge in [0.15, 0.2) is 0 Å². The lowest BCUT2D eigenvalue weighted by molar-refractivity contribution is 0.102. The Hall–Kier alpha value is -2.36. The van der Waals surface area contributed by atoms with Crippen molar-refractivity contribution < 1.29 is 9.90 Å². The highest BCUT2D eigenvalue weighted by molar-refractivity contribution is 6.06. The predicted octanol–water partition coefficient (Wildman–Crippen LogP) is 2.66. The Morgan fingerprint density at radius 2 is 2.00 bits per heavy atom. The number of aryl methyl sites for hydroxylation is 1. The van der Waals surface area contributed by atoms with Crippen molar-refractivity contribution in [2.45, 2.75) is 13.8 Å². The van der Waals surface area contributed by atoms with Crippen LogP contribution in [-0.2, 0) is 0 Å². The zero-order valence-electron chi connectivity index (χ0n) is 10.3. The van der Waals surface area contributed by atoms with Crippen LogP contribution in [0.25, 0.3) is 0 Å². The number of nitrogens with zero attached hydrogens (tertiary/aromatic N) is 1. The number of phenols is 1. The van der Waals surface area contributed by atoms with Crippen LogP contribution in [0.4, 0.5) is 5.82 Å². The van der Waals surface area contributed by atoms with Crippen molar-refractivity contribution in [1.29, 1.82) is 0 Å². The summed E-state index contributed by atoms with van der Waals surface area (Å²) in [7, 11) is 0. The summed E-state index contributed by atoms with van der Waals surface area (Å²) in [5.74, 6) is 0.109. The van der Waals surface area contributed by atoms with Gasteiger partial charge in [-0.3, -0.25) is 4.79 Å². The SMILES string of the molecule is Cc1ccc(C(=O)Nc2ccccn2)c(O)c1C. The molecule has 0 saturated heterocycles. The van der Waals surface area contributed by atoms with E-state index in [1.165, 1.54) is 0 Å². The zero-order valence-corrected chi connectivity index (χ0v) is 10.3. The van der Waals surface area contributed by atoms with E-state index in [2.05, 4.69) is 10.3 Å². The quantitative estimate of drug-likeness (QED) is 0.851. The number of hydrogen-bond acceptors (Lipinski definition) is 3. The largest absolute Gasteiger partial charge is 0.507 e. The molecule has 2 N–H and O–H groups in total. The van der Waals surface area contributed by atoms with E-state index in [1.54, 1.807) is 37.4 Å². The van der Waals surface area contributed by atoms with Crippen molar-refractivity contribution in [3.8, 4) is 5.75 Å². The first-order valence-corrected chi connectivity index (χ1v) is 5.61. The smallest absolute Gasteiger partial charge is 0.260 e. The van der Waals surface area contributed by atoms with E-state index >= 15 is 0 Å². The monoisotopic (exact) mass is 242 g/mol. The van der Waals surface area contributed by atoms with Crippen molar-refractivity contribution in [2.75, 3.05) is 5.32 Å². The topological polar surface area (TPSA) is 62.2 Å². The lowest BCUT2D eigenvalue weighted by Crippen LogP contribution is -2.13.